The fourth-order valence-electron chi connectivity index (χ4n) is 3.09. The minimum Gasteiger partial charge on any atom is -0.466 e. The first-order valence-corrected chi connectivity index (χ1v) is 7.49. The van der Waals surface area contributed by atoms with E-state index in [1.54, 1.807) is 0 Å². The third-order valence-corrected chi connectivity index (χ3v) is 4.92. The summed E-state index contributed by atoms with van der Waals surface area (Å²) in [5.41, 5.74) is 1.46. The van der Waals surface area contributed by atoms with Crippen LogP contribution in [-0.4, -0.2) is 37.5 Å². The molecule has 5 atom stereocenters. The van der Waals surface area contributed by atoms with Crippen molar-refractivity contribution in [2.75, 3.05) is 7.11 Å². The third kappa shape index (κ3) is 1.90. The molecule has 21 heavy (non-hydrogen) atoms. The van der Waals surface area contributed by atoms with E-state index in [0.717, 1.165) is 5.56 Å². The van der Waals surface area contributed by atoms with Crippen molar-refractivity contribution in [2.45, 2.75) is 30.7 Å². The van der Waals surface area contributed by atoms with E-state index in [4.69, 9.17) is 18.9 Å². The Labute approximate surface area is 129 Å². The van der Waals surface area contributed by atoms with E-state index in [0.29, 0.717) is 10.1 Å². The molecule has 3 aliphatic heterocycles. The molecular formula is C15H13BrO5. The molecule has 0 amide bonds. The van der Waals surface area contributed by atoms with E-state index in [9.17, 15) is 4.79 Å². The molecule has 1 aromatic rings. The van der Waals surface area contributed by atoms with Crippen LogP contribution in [0.1, 0.15) is 11.9 Å². The molecule has 2 fully saturated rings. The van der Waals surface area contributed by atoms with Crippen LogP contribution < -0.4 is 0 Å². The Bertz CT molecular complexity index is 614. The second-order valence-corrected chi connectivity index (χ2v) is 6.03. The van der Waals surface area contributed by atoms with E-state index in [2.05, 4.69) is 15.9 Å². The highest BCUT2D eigenvalue weighted by Crippen LogP contribution is 2.50. The van der Waals surface area contributed by atoms with Crippen LogP contribution in [0.2, 0.25) is 0 Å². The molecule has 6 heteroatoms. The fraction of sp³-hybridized carbons (Fsp3) is 0.400. The monoisotopic (exact) mass is 352 g/mol. The van der Waals surface area contributed by atoms with Crippen molar-refractivity contribution in [1.82, 2.24) is 0 Å². The molecule has 0 N–H and O–H groups in total. The average Bonchev–Trinajstić information content (AvgIpc) is 3.16. The van der Waals surface area contributed by atoms with Gasteiger partial charge in [0.2, 0.25) is 0 Å². The van der Waals surface area contributed by atoms with Crippen LogP contribution in [0.4, 0.5) is 0 Å². The molecule has 5 unspecified atom stereocenters. The maximum Gasteiger partial charge on any atom is 0.337 e. The summed E-state index contributed by atoms with van der Waals surface area (Å²) in [4.78, 5) is 11.9. The van der Waals surface area contributed by atoms with E-state index in [1.165, 1.54) is 7.11 Å². The van der Waals surface area contributed by atoms with Crippen LogP contribution in [-0.2, 0) is 23.7 Å². The van der Waals surface area contributed by atoms with Crippen molar-refractivity contribution in [1.29, 1.82) is 0 Å². The van der Waals surface area contributed by atoms with E-state index >= 15 is 0 Å². The average molecular weight is 353 g/mol. The van der Waals surface area contributed by atoms with Gasteiger partial charge < -0.3 is 18.9 Å². The number of rotatable bonds is 2. The van der Waals surface area contributed by atoms with Crippen LogP contribution in [0.5, 0.6) is 0 Å². The molecule has 3 heterocycles. The number of carbonyl (C=O) groups excluding carboxylic acids is 1. The van der Waals surface area contributed by atoms with Gasteiger partial charge in [0.1, 0.15) is 24.4 Å². The number of carbonyl (C=O) groups is 1. The van der Waals surface area contributed by atoms with Gasteiger partial charge in [-0.1, -0.05) is 46.3 Å². The molecule has 3 aliphatic rings. The molecule has 1 aromatic carbocycles. The number of hydrogen-bond acceptors (Lipinski definition) is 5. The SMILES string of the molecule is COC(=O)C1=C(Br)C2OC1C1OC(c3ccccc3)OC21. The zero-order valence-corrected chi connectivity index (χ0v) is 12.8. The Morgan fingerprint density at radius 2 is 1.76 bits per heavy atom. The summed E-state index contributed by atoms with van der Waals surface area (Å²) < 4.78 is 23.3. The van der Waals surface area contributed by atoms with Crippen molar-refractivity contribution in [3.05, 3.63) is 46.0 Å². The Morgan fingerprint density at radius 3 is 2.43 bits per heavy atom. The van der Waals surface area contributed by atoms with E-state index < -0.39 is 12.4 Å². The number of halogens is 1. The van der Waals surface area contributed by atoms with Crippen molar-refractivity contribution >= 4 is 21.9 Å². The van der Waals surface area contributed by atoms with Crippen molar-refractivity contribution in [3.8, 4) is 0 Å². The molecule has 0 radical (unpaired) electrons. The lowest BCUT2D eigenvalue weighted by Crippen LogP contribution is -2.37. The first-order chi connectivity index (χ1) is 10.2. The normalized spacial score (nSPS) is 37.0. The standard InChI is InChI=1S/C15H13BrO5/c1-18-14(17)8-9(16)11-13-12(10(8)19-11)20-15(21-13)7-5-3-2-4-6-7/h2-6,10-13,15H,1H3. The molecule has 110 valence electrons. The maximum atomic E-state index is 11.9. The fourth-order valence-corrected chi connectivity index (χ4v) is 3.84. The highest BCUT2D eigenvalue weighted by atomic mass is 79.9. The highest BCUT2D eigenvalue weighted by Gasteiger charge is 2.61. The summed E-state index contributed by atoms with van der Waals surface area (Å²) in [6, 6.07) is 9.74. The van der Waals surface area contributed by atoms with Gasteiger partial charge in [-0.3, -0.25) is 0 Å². The van der Waals surface area contributed by atoms with Gasteiger partial charge in [0.15, 0.2) is 6.29 Å². The summed E-state index contributed by atoms with van der Waals surface area (Å²) in [5.74, 6) is -0.389. The Hall–Kier alpha value is -1.21. The molecule has 0 aliphatic carbocycles. The first-order valence-electron chi connectivity index (χ1n) is 6.70. The minimum atomic E-state index is -0.435. The maximum absolute atomic E-state index is 11.9. The van der Waals surface area contributed by atoms with E-state index in [1.807, 2.05) is 30.3 Å². The lowest BCUT2D eigenvalue weighted by molar-refractivity contribution is -0.139. The third-order valence-electron chi connectivity index (χ3n) is 4.04. The second-order valence-electron chi connectivity index (χ2n) is 5.17. The highest BCUT2D eigenvalue weighted by molar-refractivity contribution is 9.11. The Balaban J connectivity index is 1.60. The number of esters is 1. The van der Waals surface area contributed by atoms with Gasteiger partial charge in [-0.05, 0) is 0 Å². The predicted molar refractivity (Wildman–Crippen MR) is 75.6 cm³/mol. The van der Waals surface area contributed by atoms with Gasteiger partial charge in [-0.15, -0.1) is 0 Å². The second kappa shape index (κ2) is 4.91. The molecule has 4 rings (SSSR count). The number of ether oxygens (including phenoxy) is 4. The van der Waals surface area contributed by atoms with Crippen molar-refractivity contribution in [3.63, 3.8) is 0 Å². The molecule has 0 spiro atoms. The molecule has 5 nitrogen and oxygen atoms in total. The minimum absolute atomic E-state index is 0.206. The zero-order chi connectivity index (χ0) is 14.6. The van der Waals surface area contributed by atoms with Gasteiger partial charge in [0.25, 0.3) is 0 Å². The summed E-state index contributed by atoms with van der Waals surface area (Å²) in [5, 5.41) is 0. The number of methoxy groups -OCH3 is 1. The lowest BCUT2D eigenvalue weighted by Gasteiger charge is -2.19. The number of hydrogen-bond donors (Lipinski definition) is 0. The van der Waals surface area contributed by atoms with Gasteiger partial charge in [-0.25, -0.2) is 4.79 Å². The first kappa shape index (κ1) is 13.5. The summed E-state index contributed by atoms with van der Waals surface area (Å²) in [7, 11) is 1.36. The topological polar surface area (TPSA) is 54.0 Å². The summed E-state index contributed by atoms with van der Waals surface area (Å²) in [6.45, 7) is 0. The van der Waals surface area contributed by atoms with Crippen LogP contribution in [0.3, 0.4) is 0 Å². The molecule has 0 saturated carbocycles. The smallest absolute Gasteiger partial charge is 0.337 e. The molecule has 2 bridgehead atoms. The van der Waals surface area contributed by atoms with Crippen molar-refractivity contribution < 1.29 is 23.7 Å². The van der Waals surface area contributed by atoms with Crippen LogP contribution in [0, 0.1) is 0 Å². The molecular weight excluding hydrogens is 340 g/mol. The summed E-state index contributed by atoms with van der Waals surface area (Å²) in [6.07, 6.45) is -1.65. The van der Waals surface area contributed by atoms with Crippen LogP contribution in [0.25, 0.3) is 0 Å². The molecule has 0 aromatic heterocycles. The lowest BCUT2D eigenvalue weighted by atomic mass is 9.94. The number of benzene rings is 1. The van der Waals surface area contributed by atoms with Crippen LogP contribution in [0.15, 0.2) is 40.4 Å². The largest absolute Gasteiger partial charge is 0.466 e. The van der Waals surface area contributed by atoms with Gasteiger partial charge in [0, 0.05) is 10.0 Å². The van der Waals surface area contributed by atoms with Gasteiger partial charge >= 0.3 is 5.97 Å². The van der Waals surface area contributed by atoms with E-state index in [-0.39, 0.29) is 24.3 Å². The van der Waals surface area contributed by atoms with Gasteiger partial charge in [0.05, 0.1) is 12.7 Å². The predicted octanol–water partition coefficient (Wildman–Crippen LogP) is 2.07. The Morgan fingerprint density at radius 1 is 1.10 bits per heavy atom. The van der Waals surface area contributed by atoms with Crippen molar-refractivity contribution in [2.24, 2.45) is 0 Å². The number of fused-ring (bicyclic) bond motifs is 5. The quantitative estimate of drug-likeness (QED) is 0.762. The van der Waals surface area contributed by atoms with Gasteiger partial charge in [-0.2, -0.15) is 0 Å². The van der Waals surface area contributed by atoms with Crippen LogP contribution >= 0.6 is 15.9 Å². The summed E-state index contributed by atoms with van der Waals surface area (Å²) >= 11 is 3.43. The zero-order valence-electron chi connectivity index (χ0n) is 11.2. The Kier molecular flexibility index (Phi) is 3.15. The molecule has 2 saturated heterocycles.